The summed E-state index contributed by atoms with van der Waals surface area (Å²) in [4.78, 5) is 0. The lowest BCUT2D eigenvalue weighted by Gasteiger charge is -2.30. The Morgan fingerprint density at radius 3 is 2.32 bits per heavy atom. The second-order valence-corrected chi connectivity index (χ2v) is 7.45. The molecule has 0 aromatic heterocycles. The van der Waals surface area contributed by atoms with Crippen LogP contribution in [0.3, 0.4) is 0 Å². The molecule has 0 heterocycles. The SMILES string of the molecule is CCC(C)CS(=O)(=O)NC(CN)C1CCCCC1.Cl. The minimum absolute atomic E-state index is 0. The fraction of sp³-hybridized carbons (Fsp3) is 1.00. The van der Waals surface area contributed by atoms with E-state index in [1.165, 1.54) is 19.3 Å². The Labute approximate surface area is 124 Å². The van der Waals surface area contributed by atoms with E-state index in [4.69, 9.17) is 5.73 Å². The lowest BCUT2D eigenvalue weighted by Crippen LogP contribution is -2.47. The van der Waals surface area contributed by atoms with Gasteiger partial charge in [-0.2, -0.15) is 0 Å². The van der Waals surface area contributed by atoms with Gasteiger partial charge < -0.3 is 5.73 Å². The van der Waals surface area contributed by atoms with E-state index in [9.17, 15) is 8.42 Å². The van der Waals surface area contributed by atoms with Crippen LogP contribution in [0.2, 0.25) is 0 Å². The van der Waals surface area contributed by atoms with Crippen molar-refractivity contribution in [3.8, 4) is 0 Å². The maximum Gasteiger partial charge on any atom is 0.212 e. The Kier molecular flexibility index (Phi) is 9.24. The van der Waals surface area contributed by atoms with Crippen LogP contribution in [-0.4, -0.2) is 26.8 Å². The van der Waals surface area contributed by atoms with Crippen LogP contribution < -0.4 is 10.5 Å². The van der Waals surface area contributed by atoms with Gasteiger partial charge in [-0.15, -0.1) is 12.4 Å². The first-order chi connectivity index (χ1) is 8.48. The molecule has 1 fully saturated rings. The minimum atomic E-state index is -3.18. The highest BCUT2D eigenvalue weighted by Crippen LogP contribution is 2.26. The van der Waals surface area contributed by atoms with Crippen LogP contribution in [0.1, 0.15) is 52.4 Å². The van der Waals surface area contributed by atoms with Crippen molar-refractivity contribution >= 4 is 22.4 Å². The van der Waals surface area contributed by atoms with Gasteiger partial charge in [0.2, 0.25) is 10.0 Å². The Balaban J connectivity index is 0.00000324. The minimum Gasteiger partial charge on any atom is -0.329 e. The van der Waals surface area contributed by atoms with Gasteiger partial charge in [0.1, 0.15) is 0 Å². The monoisotopic (exact) mass is 312 g/mol. The van der Waals surface area contributed by atoms with Crippen LogP contribution in [-0.2, 0) is 10.0 Å². The molecule has 3 N–H and O–H groups in total. The van der Waals surface area contributed by atoms with Crippen molar-refractivity contribution in [1.29, 1.82) is 0 Å². The third-order valence-corrected chi connectivity index (χ3v) is 5.67. The quantitative estimate of drug-likeness (QED) is 0.757. The predicted molar refractivity (Wildman–Crippen MR) is 83.0 cm³/mol. The van der Waals surface area contributed by atoms with E-state index < -0.39 is 10.0 Å². The van der Waals surface area contributed by atoms with Gasteiger partial charge in [-0.3, -0.25) is 0 Å². The van der Waals surface area contributed by atoms with E-state index in [-0.39, 0.29) is 30.1 Å². The van der Waals surface area contributed by atoms with Crippen LogP contribution >= 0.6 is 12.4 Å². The average Bonchev–Trinajstić information content (AvgIpc) is 2.36. The van der Waals surface area contributed by atoms with Gasteiger partial charge in [-0.25, -0.2) is 13.1 Å². The predicted octanol–water partition coefficient (Wildman–Crippen LogP) is 2.28. The van der Waals surface area contributed by atoms with Gasteiger partial charge in [0.15, 0.2) is 0 Å². The molecule has 1 saturated carbocycles. The number of nitrogens with two attached hydrogens (primary N) is 1. The molecule has 2 unspecified atom stereocenters. The summed E-state index contributed by atoms with van der Waals surface area (Å²) >= 11 is 0. The van der Waals surface area contributed by atoms with Gasteiger partial charge >= 0.3 is 0 Å². The molecular formula is C13H29ClN2O2S. The summed E-state index contributed by atoms with van der Waals surface area (Å²) in [6.07, 6.45) is 6.77. The second-order valence-electron chi connectivity index (χ2n) is 5.65. The zero-order valence-corrected chi connectivity index (χ0v) is 13.7. The number of halogens is 1. The molecule has 0 saturated heterocycles. The lowest BCUT2D eigenvalue weighted by molar-refractivity contribution is 0.293. The first-order valence-electron chi connectivity index (χ1n) is 7.18. The Morgan fingerprint density at radius 1 is 1.26 bits per heavy atom. The molecule has 0 spiro atoms. The Hall–Kier alpha value is 0.160. The van der Waals surface area contributed by atoms with E-state index in [0.717, 1.165) is 19.3 Å². The largest absolute Gasteiger partial charge is 0.329 e. The Bertz CT molecular complexity index is 330. The van der Waals surface area contributed by atoms with E-state index in [1.807, 2.05) is 13.8 Å². The third kappa shape index (κ3) is 6.93. The fourth-order valence-electron chi connectivity index (χ4n) is 2.64. The highest BCUT2D eigenvalue weighted by Gasteiger charge is 2.27. The molecule has 0 aromatic rings. The summed E-state index contributed by atoms with van der Waals surface area (Å²) in [6, 6.07) is -0.0700. The first-order valence-corrected chi connectivity index (χ1v) is 8.83. The molecule has 6 heteroatoms. The molecule has 116 valence electrons. The van der Waals surface area contributed by atoms with Crippen molar-refractivity contribution in [1.82, 2.24) is 4.72 Å². The van der Waals surface area contributed by atoms with Crippen LogP contribution in [0.25, 0.3) is 0 Å². The number of hydrogen-bond acceptors (Lipinski definition) is 3. The molecule has 0 aliphatic heterocycles. The summed E-state index contributed by atoms with van der Waals surface area (Å²) in [5, 5.41) is 0. The van der Waals surface area contributed by atoms with Crippen LogP contribution in [0, 0.1) is 11.8 Å². The van der Waals surface area contributed by atoms with E-state index in [1.54, 1.807) is 0 Å². The normalized spacial score (nSPS) is 20.6. The molecular weight excluding hydrogens is 284 g/mol. The number of nitrogens with one attached hydrogen (secondary N) is 1. The molecule has 0 amide bonds. The number of hydrogen-bond donors (Lipinski definition) is 2. The Morgan fingerprint density at radius 2 is 1.84 bits per heavy atom. The molecule has 2 atom stereocenters. The topological polar surface area (TPSA) is 72.2 Å². The van der Waals surface area contributed by atoms with Crippen molar-refractivity contribution in [2.75, 3.05) is 12.3 Å². The highest BCUT2D eigenvalue weighted by molar-refractivity contribution is 7.89. The van der Waals surface area contributed by atoms with Gasteiger partial charge in [0.25, 0.3) is 0 Å². The maximum atomic E-state index is 12.0. The standard InChI is InChI=1S/C13H28N2O2S.ClH/c1-3-11(2)10-18(16,17)15-13(9-14)12-7-5-4-6-8-12;/h11-13,15H,3-10,14H2,1-2H3;1H. The molecule has 4 nitrogen and oxygen atoms in total. The lowest BCUT2D eigenvalue weighted by atomic mass is 9.84. The maximum absolute atomic E-state index is 12.0. The molecule has 1 aliphatic rings. The number of rotatable bonds is 7. The van der Waals surface area contributed by atoms with Crippen LogP contribution in [0.15, 0.2) is 0 Å². The van der Waals surface area contributed by atoms with Crippen LogP contribution in [0.4, 0.5) is 0 Å². The summed E-state index contributed by atoms with van der Waals surface area (Å²) in [6.45, 7) is 4.39. The third-order valence-electron chi connectivity index (χ3n) is 4.00. The average molecular weight is 313 g/mol. The molecule has 1 aliphatic carbocycles. The van der Waals surface area contributed by atoms with Gasteiger partial charge in [-0.05, 0) is 24.7 Å². The molecule has 0 radical (unpaired) electrons. The smallest absolute Gasteiger partial charge is 0.212 e. The summed E-state index contributed by atoms with van der Waals surface area (Å²) < 4.78 is 26.9. The molecule has 19 heavy (non-hydrogen) atoms. The van der Waals surface area contributed by atoms with Crippen molar-refractivity contribution in [2.45, 2.75) is 58.4 Å². The van der Waals surface area contributed by atoms with E-state index in [0.29, 0.717) is 12.5 Å². The van der Waals surface area contributed by atoms with Crippen molar-refractivity contribution < 1.29 is 8.42 Å². The summed E-state index contributed by atoms with van der Waals surface area (Å²) in [7, 11) is -3.18. The summed E-state index contributed by atoms with van der Waals surface area (Å²) in [5.41, 5.74) is 5.75. The van der Waals surface area contributed by atoms with Gasteiger partial charge in [0.05, 0.1) is 5.75 Å². The fourth-order valence-corrected chi connectivity index (χ4v) is 4.48. The molecule has 0 bridgehead atoms. The highest BCUT2D eigenvalue weighted by atomic mass is 35.5. The van der Waals surface area contributed by atoms with E-state index in [2.05, 4.69) is 4.72 Å². The summed E-state index contributed by atoms with van der Waals surface area (Å²) in [5.74, 6) is 0.843. The van der Waals surface area contributed by atoms with Crippen molar-refractivity contribution in [2.24, 2.45) is 17.6 Å². The second kappa shape index (κ2) is 9.16. The molecule has 1 rings (SSSR count). The first kappa shape index (κ1) is 19.2. The van der Waals surface area contributed by atoms with Crippen molar-refractivity contribution in [3.63, 3.8) is 0 Å². The van der Waals surface area contributed by atoms with Gasteiger partial charge in [0, 0.05) is 12.6 Å². The van der Waals surface area contributed by atoms with E-state index >= 15 is 0 Å². The zero-order chi connectivity index (χ0) is 13.6. The molecule has 0 aromatic carbocycles. The van der Waals surface area contributed by atoms with Crippen LogP contribution in [0.5, 0.6) is 0 Å². The van der Waals surface area contributed by atoms with Crippen molar-refractivity contribution in [3.05, 3.63) is 0 Å². The zero-order valence-electron chi connectivity index (χ0n) is 12.1. The van der Waals surface area contributed by atoms with Gasteiger partial charge in [-0.1, -0.05) is 39.5 Å². The number of sulfonamides is 1.